The molecule has 0 radical (unpaired) electrons. The summed E-state index contributed by atoms with van der Waals surface area (Å²) in [4.78, 5) is 36.0. The molecule has 1 aliphatic rings. The first-order valence-corrected chi connectivity index (χ1v) is 12.1. The molecule has 1 aliphatic carbocycles. The van der Waals surface area contributed by atoms with Crippen molar-refractivity contribution in [3.05, 3.63) is 77.9 Å². The molecule has 0 atom stereocenters. The van der Waals surface area contributed by atoms with E-state index in [2.05, 4.69) is 16.0 Å². The number of nitrogens with one attached hydrogen (secondary N) is 3. The first-order chi connectivity index (χ1) is 17.0. The number of benzene rings is 3. The van der Waals surface area contributed by atoms with E-state index in [1.807, 2.05) is 36.4 Å². The van der Waals surface area contributed by atoms with Gasteiger partial charge in [0.15, 0.2) is 0 Å². The maximum absolute atomic E-state index is 12.4. The van der Waals surface area contributed by atoms with Gasteiger partial charge in [0.05, 0.1) is 6.10 Å². The van der Waals surface area contributed by atoms with Crippen molar-refractivity contribution >= 4 is 28.5 Å². The fourth-order valence-corrected chi connectivity index (χ4v) is 4.38. The van der Waals surface area contributed by atoms with Crippen molar-refractivity contribution in [3.8, 4) is 5.75 Å². The number of amides is 3. The topological polar surface area (TPSA) is 96.5 Å². The quantitative estimate of drug-likeness (QED) is 0.433. The summed E-state index contributed by atoms with van der Waals surface area (Å²) >= 11 is 0. The Hall–Kier alpha value is -3.87. The minimum atomic E-state index is -0.202. The van der Waals surface area contributed by atoms with E-state index in [1.54, 1.807) is 37.3 Å². The van der Waals surface area contributed by atoms with Gasteiger partial charge in [0.25, 0.3) is 11.8 Å². The molecule has 1 fully saturated rings. The average molecular weight is 474 g/mol. The van der Waals surface area contributed by atoms with Gasteiger partial charge in [0.2, 0.25) is 5.91 Å². The smallest absolute Gasteiger partial charge is 0.251 e. The molecule has 0 unspecified atom stereocenters. The van der Waals surface area contributed by atoms with Crippen molar-refractivity contribution < 1.29 is 19.1 Å². The van der Waals surface area contributed by atoms with Crippen LogP contribution in [0.2, 0.25) is 0 Å². The Bertz CT molecular complexity index is 1180. The summed E-state index contributed by atoms with van der Waals surface area (Å²) in [6.07, 6.45) is 3.70. The number of rotatable bonds is 8. The summed E-state index contributed by atoms with van der Waals surface area (Å²) in [5.41, 5.74) is 1.13. The van der Waals surface area contributed by atoms with Crippen molar-refractivity contribution in [1.29, 1.82) is 0 Å². The van der Waals surface area contributed by atoms with Gasteiger partial charge in [-0.3, -0.25) is 14.4 Å². The van der Waals surface area contributed by atoms with Crippen LogP contribution >= 0.6 is 0 Å². The van der Waals surface area contributed by atoms with Crippen LogP contribution in [0, 0.1) is 0 Å². The zero-order valence-electron chi connectivity index (χ0n) is 19.9. The Morgan fingerprint density at radius 2 is 1.37 bits per heavy atom. The van der Waals surface area contributed by atoms with Crippen LogP contribution in [0.5, 0.6) is 5.75 Å². The first kappa shape index (κ1) is 24.3. The molecule has 0 bridgehead atoms. The molecule has 3 amide bonds. The Kier molecular flexibility index (Phi) is 7.98. The van der Waals surface area contributed by atoms with Gasteiger partial charge in [-0.05, 0) is 72.9 Å². The predicted octanol–water partition coefficient (Wildman–Crippen LogP) is 3.83. The standard InChI is InChI=1S/C28H31N3O4/c1-19(32)31-24-10-14-26(15-11-24)35-25-12-8-21(9-13-25)27(33)29-16-17-30-28(34)23-7-6-20-4-2-3-5-22(20)18-23/h2-9,12-13,18,24,26H,10-11,14-17H2,1H3,(H,29,33)(H,30,34)(H,31,32)/t24-,26+. The number of fused-ring (bicyclic) bond motifs is 1. The summed E-state index contributed by atoms with van der Waals surface area (Å²) < 4.78 is 6.05. The molecule has 1 saturated carbocycles. The van der Waals surface area contributed by atoms with Crippen LogP contribution in [0.15, 0.2) is 66.7 Å². The second-order valence-electron chi connectivity index (χ2n) is 8.89. The molecule has 182 valence electrons. The van der Waals surface area contributed by atoms with Crippen LogP contribution in [0.25, 0.3) is 10.8 Å². The van der Waals surface area contributed by atoms with Crippen molar-refractivity contribution in [3.63, 3.8) is 0 Å². The highest BCUT2D eigenvalue weighted by molar-refractivity contribution is 5.98. The van der Waals surface area contributed by atoms with Crippen LogP contribution in [0.4, 0.5) is 0 Å². The van der Waals surface area contributed by atoms with E-state index in [4.69, 9.17) is 4.74 Å². The van der Waals surface area contributed by atoms with Gasteiger partial charge in [-0.25, -0.2) is 0 Å². The van der Waals surface area contributed by atoms with Gasteiger partial charge in [-0.2, -0.15) is 0 Å². The zero-order valence-corrected chi connectivity index (χ0v) is 19.9. The lowest BCUT2D eigenvalue weighted by molar-refractivity contribution is -0.120. The summed E-state index contributed by atoms with van der Waals surface area (Å²) in [6.45, 7) is 2.20. The fourth-order valence-electron chi connectivity index (χ4n) is 4.38. The molecule has 0 saturated heterocycles. The molecular weight excluding hydrogens is 442 g/mol. The van der Waals surface area contributed by atoms with E-state index in [-0.39, 0.29) is 29.9 Å². The van der Waals surface area contributed by atoms with E-state index in [9.17, 15) is 14.4 Å². The lowest BCUT2D eigenvalue weighted by atomic mass is 9.93. The Morgan fingerprint density at radius 1 is 0.771 bits per heavy atom. The Morgan fingerprint density at radius 3 is 2.03 bits per heavy atom. The van der Waals surface area contributed by atoms with Crippen molar-refractivity contribution in [1.82, 2.24) is 16.0 Å². The molecule has 0 spiro atoms. The summed E-state index contributed by atoms with van der Waals surface area (Å²) in [7, 11) is 0. The zero-order chi connectivity index (χ0) is 24.6. The van der Waals surface area contributed by atoms with Gasteiger partial charge in [0.1, 0.15) is 5.75 Å². The second-order valence-corrected chi connectivity index (χ2v) is 8.89. The Balaban J connectivity index is 1.18. The van der Waals surface area contributed by atoms with E-state index < -0.39 is 0 Å². The van der Waals surface area contributed by atoms with Gasteiger partial charge in [-0.1, -0.05) is 30.3 Å². The maximum atomic E-state index is 12.4. The highest BCUT2D eigenvalue weighted by atomic mass is 16.5. The molecule has 0 aliphatic heterocycles. The molecule has 0 heterocycles. The predicted molar refractivity (Wildman–Crippen MR) is 136 cm³/mol. The van der Waals surface area contributed by atoms with Gasteiger partial charge in [-0.15, -0.1) is 0 Å². The monoisotopic (exact) mass is 473 g/mol. The number of carbonyl (C=O) groups excluding carboxylic acids is 3. The SMILES string of the molecule is CC(=O)N[C@H]1CC[C@@H](Oc2ccc(C(=O)NCCNC(=O)c3ccc4ccccc4c3)cc2)CC1. The molecular formula is C28H31N3O4. The molecule has 3 aromatic carbocycles. The number of hydrogen-bond donors (Lipinski definition) is 3. The van der Waals surface area contributed by atoms with Crippen LogP contribution in [-0.4, -0.2) is 43.0 Å². The third-order valence-corrected chi connectivity index (χ3v) is 6.21. The first-order valence-electron chi connectivity index (χ1n) is 12.1. The molecule has 4 rings (SSSR count). The summed E-state index contributed by atoms with van der Waals surface area (Å²) in [6, 6.07) is 20.8. The van der Waals surface area contributed by atoms with Gasteiger partial charge in [0, 0.05) is 37.2 Å². The van der Waals surface area contributed by atoms with Crippen LogP contribution < -0.4 is 20.7 Å². The van der Waals surface area contributed by atoms with Crippen LogP contribution in [0.1, 0.15) is 53.3 Å². The summed E-state index contributed by atoms with van der Waals surface area (Å²) in [5, 5.41) is 10.7. The lowest BCUT2D eigenvalue weighted by Crippen LogP contribution is -2.38. The number of carbonyl (C=O) groups is 3. The highest BCUT2D eigenvalue weighted by Gasteiger charge is 2.23. The highest BCUT2D eigenvalue weighted by Crippen LogP contribution is 2.24. The summed E-state index contributed by atoms with van der Waals surface area (Å²) in [5.74, 6) is 0.368. The second kappa shape index (κ2) is 11.5. The third kappa shape index (κ3) is 6.82. The largest absolute Gasteiger partial charge is 0.490 e. The van der Waals surface area contributed by atoms with E-state index in [0.717, 1.165) is 42.2 Å². The van der Waals surface area contributed by atoms with E-state index in [0.29, 0.717) is 24.2 Å². The van der Waals surface area contributed by atoms with Gasteiger partial charge >= 0.3 is 0 Å². The van der Waals surface area contributed by atoms with Gasteiger partial charge < -0.3 is 20.7 Å². The van der Waals surface area contributed by atoms with Crippen molar-refractivity contribution in [2.24, 2.45) is 0 Å². The van der Waals surface area contributed by atoms with E-state index in [1.165, 1.54) is 0 Å². The fraction of sp³-hybridized carbons (Fsp3) is 0.321. The normalized spacial score (nSPS) is 17.4. The lowest BCUT2D eigenvalue weighted by Gasteiger charge is -2.29. The Labute approximate surface area is 205 Å². The van der Waals surface area contributed by atoms with E-state index >= 15 is 0 Å². The number of hydrogen-bond acceptors (Lipinski definition) is 4. The minimum Gasteiger partial charge on any atom is -0.490 e. The molecule has 7 nitrogen and oxygen atoms in total. The molecule has 35 heavy (non-hydrogen) atoms. The number of ether oxygens (including phenoxy) is 1. The minimum absolute atomic E-state index is 0.00976. The molecule has 3 N–H and O–H groups in total. The maximum Gasteiger partial charge on any atom is 0.251 e. The van der Waals surface area contributed by atoms with Crippen LogP contribution in [-0.2, 0) is 4.79 Å². The third-order valence-electron chi connectivity index (χ3n) is 6.21. The van der Waals surface area contributed by atoms with Crippen molar-refractivity contribution in [2.75, 3.05) is 13.1 Å². The average Bonchev–Trinajstić information content (AvgIpc) is 2.87. The van der Waals surface area contributed by atoms with Crippen LogP contribution in [0.3, 0.4) is 0 Å². The van der Waals surface area contributed by atoms with Crippen molar-refractivity contribution in [2.45, 2.75) is 44.8 Å². The molecule has 3 aromatic rings. The molecule has 7 heteroatoms. The molecule has 0 aromatic heterocycles.